The highest BCUT2D eigenvalue weighted by molar-refractivity contribution is 8.07. The van der Waals surface area contributed by atoms with Crippen molar-refractivity contribution in [1.82, 2.24) is 0 Å². The predicted octanol–water partition coefficient (Wildman–Crippen LogP) is 3.49. The van der Waals surface area contributed by atoms with Crippen molar-refractivity contribution < 1.29 is 13.9 Å². The Morgan fingerprint density at radius 2 is 1.84 bits per heavy atom. The van der Waals surface area contributed by atoms with Crippen molar-refractivity contribution in [3.05, 3.63) is 35.4 Å². The monoisotopic (exact) mass is 304 g/mol. The number of aliphatic hydroxyl groups excluding tert-OH is 1. The van der Waals surface area contributed by atoms with Crippen molar-refractivity contribution >= 4 is 23.5 Å². The first kappa shape index (κ1) is 15.1. The fourth-order valence-electron chi connectivity index (χ4n) is 2.11. The van der Waals surface area contributed by atoms with Crippen molar-refractivity contribution in [2.24, 2.45) is 0 Å². The van der Waals surface area contributed by atoms with E-state index in [1.54, 1.807) is 11.8 Å². The van der Waals surface area contributed by atoms with Crippen LogP contribution in [0, 0.1) is 11.6 Å². The zero-order valence-corrected chi connectivity index (χ0v) is 12.6. The van der Waals surface area contributed by atoms with Crippen molar-refractivity contribution in [3.63, 3.8) is 0 Å². The minimum Gasteiger partial charge on any atom is -0.392 e. The lowest BCUT2D eigenvalue weighted by Crippen LogP contribution is -2.35. The SMILES string of the molecule is CC1SCC(C(O)Cc2cc(F)cc(F)c2)SC1C. The number of thioether (sulfide) groups is 2. The van der Waals surface area contributed by atoms with Crippen LogP contribution in [0.25, 0.3) is 0 Å². The summed E-state index contributed by atoms with van der Waals surface area (Å²) >= 11 is 3.62. The second-order valence-corrected chi connectivity index (χ2v) is 8.00. The molecule has 1 heterocycles. The molecular formula is C14H18F2OS2. The summed E-state index contributed by atoms with van der Waals surface area (Å²) in [4.78, 5) is 0. The summed E-state index contributed by atoms with van der Waals surface area (Å²) in [5.41, 5.74) is 0.516. The number of hydrogen-bond donors (Lipinski definition) is 1. The summed E-state index contributed by atoms with van der Waals surface area (Å²) in [7, 11) is 0. The van der Waals surface area contributed by atoms with Crippen LogP contribution in [0.1, 0.15) is 19.4 Å². The first-order chi connectivity index (χ1) is 8.95. The Kier molecular flexibility index (Phi) is 5.15. The standard InChI is InChI=1S/C14H18F2OS2/c1-8-9(2)19-14(7-18-8)13(17)5-10-3-11(15)6-12(16)4-10/h3-4,6,8-9,13-14,17H,5,7H2,1-2H3. The first-order valence-corrected chi connectivity index (χ1v) is 8.35. The van der Waals surface area contributed by atoms with Gasteiger partial charge in [0.05, 0.1) is 6.10 Å². The van der Waals surface area contributed by atoms with Crippen LogP contribution in [0.15, 0.2) is 18.2 Å². The van der Waals surface area contributed by atoms with Gasteiger partial charge in [-0.1, -0.05) is 13.8 Å². The highest BCUT2D eigenvalue weighted by Crippen LogP contribution is 2.37. The smallest absolute Gasteiger partial charge is 0.126 e. The molecule has 1 nitrogen and oxygen atoms in total. The number of hydrogen-bond acceptors (Lipinski definition) is 3. The van der Waals surface area contributed by atoms with E-state index in [-0.39, 0.29) is 5.25 Å². The lowest BCUT2D eigenvalue weighted by Gasteiger charge is -2.33. The van der Waals surface area contributed by atoms with E-state index >= 15 is 0 Å². The van der Waals surface area contributed by atoms with Crippen LogP contribution in [0.2, 0.25) is 0 Å². The maximum Gasteiger partial charge on any atom is 0.126 e. The molecule has 0 radical (unpaired) electrons. The van der Waals surface area contributed by atoms with Crippen LogP contribution in [0.4, 0.5) is 8.78 Å². The van der Waals surface area contributed by atoms with E-state index in [1.165, 1.54) is 12.1 Å². The molecule has 0 spiro atoms. The summed E-state index contributed by atoms with van der Waals surface area (Å²) in [5.74, 6) is -0.292. The zero-order valence-electron chi connectivity index (χ0n) is 11.0. The largest absolute Gasteiger partial charge is 0.392 e. The molecule has 0 aliphatic carbocycles. The molecule has 4 unspecified atom stereocenters. The van der Waals surface area contributed by atoms with Crippen LogP contribution in [-0.2, 0) is 6.42 Å². The topological polar surface area (TPSA) is 20.2 Å². The second kappa shape index (κ2) is 6.46. The Morgan fingerprint density at radius 3 is 2.42 bits per heavy atom. The molecule has 1 N–H and O–H groups in total. The maximum absolute atomic E-state index is 13.1. The summed E-state index contributed by atoms with van der Waals surface area (Å²) in [6, 6.07) is 3.43. The molecule has 2 rings (SSSR count). The quantitative estimate of drug-likeness (QED) is 0.923. The predicted molar refractivity (Wildman–Crippen MR) is 78.8 cm³/mol. The van der Waals surface area contributed by atoms with Crippen LogP contribution < -0.4 is 0 Å². The highest BCUT2D eigenvalue weighted by Gasteiger charge is 2.30. The highest BCUT2D eigenvalue weighted by atomic mass is 32.2. The molecule has 1 aliphatic heterocycles. The summed E-state index contributed by atoms with van der Waals surface area (Å²) < 4.78 is 26.2. The van der Waals surface area contributed by atoms with E-state index in [0.29, 0.717) is 22.5 Å². The molecule has 1 fully saturated rings. The van der Waals surface area contributed by atoms with Crippen LogP contribution in [0.5, 0.6) is 0 Å². The fraction of sp³-hybridized carbons (Fsp3) is 0.571. The lowest BCUT2D eigenvalue weighted by atomic mass is 10.1. The zero-order chi connectivity index (χ0) is 14.0. The molecule has 0 bridgehead atoms. The number of aliphatic hydroxyl groups is 1. The minimum absolute atomic E-state index is 0.127. The Bertz CT molecular complexity index is 421. The third-order valence-corrected chi connectivity index (χ3v) is 6.91. The van der Waals surface area contributed by atoms with Gasteiger partial charge in [0.1, 0.15) is 11.6 Å². The molecule has 19 heavy (non-hydrogen) atoms. The normalized spacial score (nSPS) is 29.2. The van der Waals surface area contributed by atoms with Crippen LogP contribution in [-0.4, -0.2) is 32.7 Å². The first-order valence-electron chi connectivity index (χ1n) is 6.36. The number of halogens is 2. The van der Waals surface area contributed by atoms with Crippen molar-refractivity contribution in [2.45, 2.75) is 42.1 Å². The van der Waals surface area contributed by atoms with E-state index in [2.05, 4.69) is 13.8 Å². The van der Waals surface area contributed by atoms with Gasteiger partial charge in [-0.05, 0) is 24.1 Å². The van der Waals surface area contributed by atoms with Gasteiger partial charge in [0.25, 0.3) is 0 Å². The van der Waals surface area contributed by atoms with Gasteiger partial charge < -0.3 is 5.11 Å². The fourth-order valence-corrected chi connectivity index (χ4v) is 5.13. The Morgan fingerprint density at radius 1 is 1.21 bits per heavy atom. The Labute approximate surface area is 121 Å². The average Bonchev–Trinajstić information content (AvgIpc) is 2.31. The van der Waals surface area contributed by atoms with Gasteiger partial charge in [0.2, 0.25) is 0 Å². The van der Waals surface area contributed by atoms with E-state index in [4.69, 9.17) is 0 Å². The molecule has 5 heteroatoms. The minimum atomic E-state index is -0.588. The summed E-state index contributed by atoms with van der Waals surface area (Å²) in [6.07, 6.45) is -0.262. The van der Waals surface area contributed by atoms with E-state index in [1.807, 2.05) is 11.8 Å². The van der Waals surface area contributed by atoms with Gasteiger partial charge >= 0.3 is 0 Å². The molecule has 4 atom stereocenters. The van der Waals surface area contributed by atoms with Crippen molar-refractivity contribution in [3.8, 4) is 0 Å². The van der Waals surface area contributed by atoms with Gasteiger partial charge in [-0.25, -0.2) is 8.78 Å². The lowest BCUT2D eigenvalue weighted by molar-refractivity contribution is 0.177. The number of benzene rings is 1. The van der Waals surface area contributed by atoms with Crippen molar-refractivity contribution in [2.75, 3.05) is 5.75 Å². The Hall–Kier alpha value is -0.260. The summed E-state index contributed by atoms with van der Waals surface area (Å²) in [6.45, 7) is 4.34. The third-order valence-electron chi connectivity index (χ3n) is 3.37. The van der Waals surface area contributed by atoms with Gasteiger partial charge in [-0.15, -0.1) is 0 Å². The van der Waals surface area contributed by atoms with Gasteiger partial charge in [-0.3, -0.25) is 0 Å². The van der Waals surface area contributed by atoms with Gasteiger partial charge in [0, 0.05) is 27.6 Å². The molecule has 0 saturated carbocycles. The van der Waals surface area contributed by atoms with E-state index < -0.39 is 17.7 Å². The van der Waals surface area contributed by atoms with Crippen LogP contribution >= 0.6 is 23.5 Å². The van der Waals surface area contributed by atoms with Gasteiger partial charge in [0.15, 0.2) is 0 Å². The number of rotatable bonds is 3. The van der Waals surface area contributed by atoms with E-state index in [0.717, 1.165) is 11.8 Å². The molecular weight excluding hydrogens is 286 g/mol. The van der Waals surface area contributed by atoms with Gasteiger partial charge in [-0.2, -0.15) is 23.5 Å². The van der Waals surface area contributed by atoms with Crippen LogP contribution in [0.3, 0.4) is 0 Å². The second-order valence-electron chi connectivity index (χ2n) is 4.97. The Balaban J connectivity index is 1.98. The molecule has 0 aromatic heterocycles. The molecule has 1 aromatic carbocycles. The summed E-state index contributed by atoms with van der Waals surface area (Å²) in [5, 5.41) is 11.4. The maximum atomic E-state index is 13.1. The molecule has 106 valence electrons. The van der Waals surface area contributed by atoms with Crippen molar-refractivity contribution in [1.29, 1.82) is 0 Å². The molecule has 1 aliphatic rings. The molecule has 1 saturated heterocycles. The average molecular weight is 304 g/mol. The molecule has 0 amide bonds. The molecule has 1 aromatic rings. The van der Waals surface area contributed by atoms with E-state index in [9.17, 15) is 13.9 Å². The third kappa shape index (κ3) is 4.10.